The number of likely N-dealkylation sites (tertiary alicyclic amines) is 1. The molecule has 1 aliphatic rings. The van der Waals surface area contributed by atoms with Crippen molar-refractivity contribution in [2.24, 2.45) is 0 Å². The Kier molecular flexibility index (Phi) is 4.70. The van der Waals surface area contributed by atoms with Gasteiger partial charge in [-0.1, -0.05) is 6.92 Å². The van der Waals surface area contributed by atoms with Crippen LogP contribution in [-0.2, 0) is 6.42 Å². The first-order valence-electron chi connectivity index (χ1n) is 9.21. The number of piperidine rings is 1. The fourth-order valence-electron chi connectivity index (χ4n) is 3.49. The van der Waals surface area contributed by atoms with Crippen molar-refractivity contribution in [2.45, 2.75) is 39.0 Å². The van der Waals surface area contributed by atoms with Gasteiger partial charge in [-0.15, -0.1) is 0 Å². The molecule has 1 amide bonds. The number of carbonyl (C=O) groups is 1. The molecule has 140 valence electrons. The molecule has 0 unspecified atom stereocenters. The van der Waals surface area contributed by atoms with Crippen molar-refractivity contribution < 1.29 is 9.21 Å². The topological polar surface area (TPSA) is 89.9 Å². The summed E-state index contributed by atoms with van der Waals surface area (Å²) >= 11 is 0. The van der Waals surface area contributed by atoms with Crippen LogP contribution >= 0.6 is 0 Å². The van der Waals surface area contributed by atoms with Crippen LogP contribution in [0, 0.1) is 6.92 Å². The van der Waals surface area contributed by atoms with Crippen LogP contribution in [-0.4, -0.2) is 48.4 Å². The van der Waals surface area contributed by atoms with Gasteiger partial charge in [-0.05, 0) is 12.8 Å². The van der Waals surface area contributed by atoms with E-state index in [1.54, 1.807) is 19.3 Å². The summed E-state index contributed by atoms with van der Waals surface area (Å²) in [4.78, 5) is 32.0. The molecule has 4 heterocycles. The second-order valence-corrected chi connectivity index (χ2v) is 6.69. The first kappa shape index (κ1) is 17.4. The van der Waals surface area contributed by atoms with Crippen molar-refractivity contribution >= 4 is 5.91 Å². The standard InChI is InChI=1S/C19H22N6O2/c1-3-17-21-6-9-25(17)18-11-20-10-15(23-18)14-4-7-24(8-5-14)19(26)16-12-27-13(2)22-16/h6,9-12,14H,3-5,7-8H2,1-2H3. The van der Waals surface area contributed by atoms with E-state index in [1.165, 1.54) is 6.26 Å². The van der Waals surface area contributed by atoms with Gasteiger partial charge in [-0.2, -0.15) is 0 Å². The summed E-state index contributed by atoms with van der Waals surface area (Å²) in [5.74, 6) is 2.47. The zero-order valence-electron chi connectivity index (χ0n) is 15.5. The van der Waals surface area contributed by atoms with Crippen LogP contribution in [0.4, 0.5) is 0 Å². The summed E-state index contributed by atoms with van der Waals surface area (Å²) < 4.78 is 7.12. The Morgan fingerprint density at radius 2 is 2.07 bits per heavy atom. The van der Waals surface area contributed by atoms with Gasteiger partial charge < -0.3 is 9.32 Å². The smallest absolute Gasteiger partial charge is 0.275 e. The highest BCUT2D eigenvalue weighted by Gasteiger charge is 2.27. The summed E-state index contributed by atoms with van der Waals surface area (Å²) in [5, 5.41) is 0. The number of rotatable bonds is 4. The van der Waals surface area contributed by atoms with Crippen LogP contribution < -0.4 is 0 Å². The zero-order chi connectivity index (χ0) is 18.8. The van der Waals surface area contributed by atoms with E-state index in [4.69, 9.17) is 9.40 Å². The second kappa shape index (κ2) is 7.30. The van der Waals surface area contributed by atoms with Crippen molar-refractivity contribution in [2.75, 3.05) is 13.1 Å². The normalized spacial score (nSPS) is 15.3. The molecule has 0 radical (unpaired) electrons. The molecule has 8 heteroatoms. The van der Waals surface area contributed by atoms with Gasteiger partial charge in [0, 0.05) is 50.9 Å². The maximum absolute atomic E-state index is 12.5. The SMILES string of the molecule is CCc1nccn1-c1cncc(C2CCN(C(=O)c3coc(C)n3)CC2)n1. The maximum atomic E-state index is 12.5. The van der Waals surface area contributed by atoms with Crippen molar-refractivity contribution in [3.05, 3.63) is 54.2 Å². The third-order valence-corrected chi connectivity index (χ3v) is 4.96. The Labute approximate surface area is 157 Å². The fourth-order valence-corrected chi connectivity index (χ4v) is 3.49. The third-order valence-electron chi connectivity index (χ3n) is 4.96. The van der Waals surface area contributed by atoms with Crippen LogP contribution in [0.1, 0.15) is 53.6 Å². The van der Waals surface area contributed by atoms with Gasteiger partial charge in [0.1, 0.15) is 12.1 Å². The molecule has 27 heavy (non-hydrogen) atoms. The fraction of sp³-hybridized carbons (Fsp3) is 0.421. The number of nitrogens with zero attached hydrogens (tertiary/aromatic N) is 6. The van der Waals surface area contributed by atoms with Gasteiger partial charge in [0.05, 0.1) is 11.9 Å². The predicted molar refractivity (Wildman–Crippen MR) is 97.7 cm³/mol. The van der Waals surface area contributed by atoms with Gasteiger partial charge in [-0.25, -0.2) is 15.0 Å². The van der Waals surface area contributed by atoms with E-state index >= 15 is 0 Å². The molecule has 0 saturated carbocycles. The van der Waals surface area contributed by atoms with E-state index < -0.39 is 0 Å². The lowest BCUT2D eigenvalue weighted by molar-refractivity contribution is 0.0706. The number of aromatic nitrogens is 5. The molecule has 1 aliphatic heterocycles. The molecule has 3 aromatic rings. The van der Waals surface area contributed by atoms with E-state index in [0.29, 0.717) is 24.7 Å². The summed E-state index contributed by atoms with van der Waals surface area (Å²) in [6, 6.07) is 0. The highest BCUT2D eigenvalue weighted by atomic mass is 16.3. The minimum Gasteiger partial charge on any atom is -0.448 e. The lowest BCUT2D eigenvalue weighted by atomic mass is 9.93. The lowest BCUT2D eigenvalue weighted by Gasteiger charge is -2.31. The molecule has 0 aromatic carbocycles. The molecule has 8 nitrogen and oxygen atoms in total. The number of aryl methyl sites for hydroxylation is 2. The molecule has 4 rings (SSSR count). The second-order valence-electron chi connectivity index (χ2n) is 6.69. The molecule has 1 saturated heterocycles. The average molecular weight is 366 g/mol. The van der Waals surface area contributed by atoms with Crippen molar-refractivity contribution in [1.29, 1.82) is 0 Å². The Bertz CT molecular complexity index is 939. The van der Waals surface area contributed by atoms with Crippen molar-refractivity contribution in [3.8, 4) is 5.82 Å². The molecule has 3 aromatic heterocycles. The van der Waals surface area contributed by atoms with E-state index in [1.807, 2.05) is 21.9 Å². The summed E-state index contributed by atoms with van der Waals surface area (Å²) in [7, 11) is 0. The number of oxazole rings is 1. The van der Waals surface area contributed by atoms with E-state index in [9.17, 15) is 4.79 Å². The third kappa shape index (κ3) is 3.47. The zero-order valence-corrected chi connectivity index (χ0v) is 15.5. The number of hydrogen-bond acceptors (Lipinski definition) is 6. The first-order chi connectivity index (χ1) is 13.2. The summed E-state index contributed by atoms with van der Waals surface area (Å²) in [6.45, 7) is 5.15. The molecule has 0 atom stereocenters. The first-order valence-corrected chi connectivity index (χ1v) is 9.21. The average Bonchev–Trinajstić information content (AvgIpc) is 3.36. The van der Waals surface area contributed by atoms with Gasteiger partial charge >= 0.3 is 0 Å². The van der Waals surface area contributed by atoms with E-state index in [2.05, 4.69) is 21.9 Å². The minimum atomic E-state index is -0.0730. The lowest BCUT2D eigenvalue weighted by Crippen LogP contribution is -2.38. The van der Waals surface area contributed by atoms with Crippen LogP contribution in [0.3, 0.4) is 0 Å². The number of amides is 1. The van der Waals surface area contributed by atoms with E-state index in [0.717, 1.165) is 36.6 Å². The number of imidazole rings is 1. The Morgan fingerprint density at radius 3 is 2.78 bits per heavy atom. The molecular weight excluding hydrogens is 344 g/mol. The van der Waals surface area contributed by atoms with Crippen LogP contribution in [0.25, 0.3) is 5.82 Å². The number of carbonyl (C=O) groups excluding carboxylic acids is 1. The Balaban J connectivity index is 1.45. The van der Waals surface area contributed by atoms with Crippen LogP contribution in [0.15, 0.2) is 35.5 Å². The summed E-state index contributed by atoms with van der Waals surface area (Å²) in [5.41, 5.74) is 1.34. The van der Waals surface area contributed by atoms with Gasteiger partial charge in [0.25, 0.3) is 5.91 Å². The van der Waals surface area contributed by atoms with Gasteiger partial charge in [0.15, 0.2) is 17.4 Å². The van der Waals surface area contributed by atoms with Gasteiger partial charge in [-0.3, -0.25) is 14.3 Å². The molecule has 0 spiro atoms. The van der Waals surface area contributed by atoms with Crippen LogP contribution in [0.5, 0.6) is 0 Å². The van der Waals surface area contributed by atoms with Crippen molar-refractivity contribution in [3.63, 3.8) is 0 Å². The van der Waals surface area contributed by atoms with Gasteiger partial charge in [0.2, 0.25) is 0 Å². The van der Waals surface area contributed by atoms with E-state index in [-0.39, 0.29) is 11.8 Å². The highest BCUT2D eigenvalue weighted by Crippen LogP contribution is 2.27. The Morgan fingerprint density at radius 1 is 1.26 bits per heavy atom. The predicted octanol–water partition coefficient (Wildman–Crippen LogP) is 2.54. The quantitative estimate of drug-likeness (QED) is 0.705. The minimum absolute atomic E-state index is 0.0730. The summed E-state index contributed by atoms with van der Waals surface area (Å²) in [6.07, 6.45) is 11.2. The highest BCUT2D eigenvalue weighted by molar-refractivity contribution is 5.92. The maximum Gasteiger partial charge on any atom is 0.275 e. The molecule has 1 fully saturated rings. The largest absolute Gasteiger partial charge is 0.448 e. The van der Waals surface area contributed by atoms with Crippen molar-refractivity contribution in [1.82, 2.24) is 29.4 Å². The Hall–Kier alpha value is -3.03. The monoisotopic (exact) mass is 366 g/mol. The van der Waals surface area contributed by atoms with Crippen LogP contribution in [0.2, 0.25) is 0 Å². The molecule has 0 bridgehead atoms. The number of hydrogen-bond donors (Lipinski definition) is 0. The molecule has 0 aliphatic carbocycles. The molecular formula is C19H22N6O2. The molecule has 0 N–H and O–H groups in total.